The van der Waals surface area contributed by atoms with Gasteiger partial charge >= 0.3 is 0 Å². The highest BCUT2D eigenvalue weighted by atomic mass is 16.5. The molecule has 69 valence electrons. The Morgan fingerprint density at radius 1 is 1.38 bits per heavy atom. The zero-order valence-electron chi connectivity index (χ0n) is 8.42. The van der Waals surface area contributed by atoms with Crippen molar-refractivity contribution >= 4 is 0 Å². The van der Waals surface area contributed by atoms with E-state index in [-0.39, 0.29) is 0 Å². The molecule has 0 aromatic heterocycles. The van der Waals surface area contributed by atoms with Gasteiger partial charge in [-0.1, -0.05) is 19.1 Å². The molecule has 0 saturated heterocycles. The average Bonchev–Trinajstić information content (AvgIpc) is 2.15. The zero-order chi connectivity index (χ0) is 9.84. The number of methoxy groups -OCH3 is 1. The second kappa shape index (κ2) is 4.13. The third-order valence-electron chi connectivity index (χ3n) is 2.05. The molecule has 0 unspecified atom stereocenters. The number of allylic oxidation sites excluding steroid dienone is 1. The van der Waals surface area contributed by atoms with Gasteiger partial charge in [0.2, 0.25) is 0 Å². The lowest BCUT2D eigenvalue weighted by molar-refractivity contribution is 0.414. The average molecular weight is 175 g/mol. The van der Waals surface area contributed by atoms with Crippen LogP contribution in [-0.4, -0.2) is 7.11 Å². The minimum absolute atomic E-state index is 0.899. The Kier molecular flexibility index (Phi) is 3.13. The van der Waals surface area contributed by atoms with Crippen molar-refractivity contribution in [3.63, 3.8) is 0 Å². The van der Waals surface area contributed by atoms with Crippen molar-refractivity contribution in [1.29, 1.82) is 0 Å². The van der Waals surface area contributed by atoms with Gasteiger partial charge in [-0.25, -0.2) is 0 Å². The third-order valence-corrected chi connectivity index (χ3v) is 2.05. The molecule has 0 fully saturated rings. The number of ether oxygens (including phenoxy) is 1. The van der Waals surface area contributed by atoms with Crippen molar-refractivity contribution in [2.75, 3.05) is 7.11 Å². The minimum Gasteiger partial charge on any atom is -0.497 e. The standard InChI is InChI=1S/C12H15O/c1-5-10(3)11-6-9(2)7-12(8-11)13-4/h5-8H,1H2,2-4H3. The molecule has 0 heterocycles. The molecule has 0 saturated carbocycles. The third kappa shape index (κ3) is 2.35. The molecule has 0 amide bonds. The molecule has 0 N–H and O–H groups in total. The fourth-order valence-corrected chi connectivity index (χ4v) is 1.21. The maximum atomic E-state index is 5.18. The molecule has 13 heavy (non-hydrogen) atoms. The van der Waals surface area contributed by atoms with E-state index in [1.807, 2.05) is 25.1 Å². The highest BCUT2D eigenvalue weighted by molar-refractivity contribution is 5.43. The van der Waals surface area contributed by atoms with E-state index in [4.69, 9.17) is 4.74 Å². The van der Waals surface area contributed by atoms with E-state index in [9.17, 15) is 0 Å². The number of rotatable bonds is 3. The minimum atomic E-state index is 0.899. The fraction of sp³-hybridized carbons (Fsp3) is 0.250. The first-order valence-corrected chi connectivity index (χ1v) is 4.29. The normalized spacial score (nSPS) is 10.2. The van der Waals surface area contributed by atoms with Gasteiger partial charge in [-0.3, -0.25) is 0 Å². The molecule has 0 atom stereocenters. The maximum absolute atomic E-state index is 5.18. The SMILES string of the molecule is C=C[C](C)c1cc(C)cc(OC)c1. The van der Waals surface area contributed by atoms with Crippen LogP contribution in [0, 0.1) is 12.8 Å². The van der Waals surface area contributed by atoms with Crippen LogP contribution < -0.4 is 4.74 Å². The van der Waals surface area contributed by atoms with Crippen molar-refractivity contribution in [1.82, 2.24) is 0 Å². The second-order valence-corrected chi connectivity index (χ2v) is 3.13. The monoisotopic (exact) mass is 175 g/mol. The molecule has 0 spiro atoms. The Hall–Kier alpha value is -1.24. The fourth-order valence-electron chi connectivity index (χ4n) is 1.21. The van der Waals surface area contributed by atoms with Gasteiger partial charge in [-0.15, -0.1) is 6.58 Å². The van der Waals surface area contributed by atoms with E-state index in [0.29, 0.717) is 0 Å². The highest BCUT2D eigenvalue weighted by Gasteiger charge is 2.03. The molecule has 1 radical (unpaired) electrons. The van der Waals surface area contributed by atoms with Gasteiger partial charge in [0, 0.05) is 5.92 Å². The van der Waals surface area contributed by atoms with Gasteiger partial charge in [0.15, 0.2) is 0 Å². The summed E-state index contributed by atoms with van der Waals surface area (Å²) in [4.78, 5) is 0. The van der Waals surface area contributed by atoms with Crippen molar-refractivity contribution in [3.05, 3.63) is 47.9 Å². The predicted octanol–water partition coefficient (Wildman–Crippen LogP) is 3.13. The molecule has 0 aliphatic carbocycles. The van der Waals surface area contributed by atoms with Crippen LogP contribution in [0.5, 0.6) is 5.75 Å². The summed E-state index contributed by atoms with van der Waals surface area (Å²) in [5, 5.41) is 0. The van der Waals surface area contributed by atoms with Gasteiger partial charge < -0.3 is 4.74 Å². The van der Waals surface area contributed by atoms with Crippen molar-refractivity contribution in [2.24, 2.45) is 0 Å². The van der Waals surface area contributed by atoms with Crippen LogP contribution in [0.4, 0.5) is 0 Å². The van der Waals surface area contributed by atoms with Gasteiger partial charge in [-0.2, -0.15) is 0 Å². The summed E-state index contributed by atoms with van der Waals surface area (Å²) >= 11 is 0. The molecule has 0 aliphatic rings. The lowest BCUT2D eigenvalue weighted by Gasteiger charge is -2.09. The van der Waals surface area contributed by atoms with Crippen molar-refractivity contribution in [3.8, 4) is 5.75 Å². The summed E-state index contributed by atoms with van der Waals surface area (Å²) in [6, 6.07) is 6.16. The van der Waals surface area contributed by atoms with Crippen LogP contribution in [0.3, 0.4) is 0 Å². The summed E-state index contributed by atoms with van der Waals surface area (Å²) in [6.07, 6.45) is 1.86. The number of aryl methyl sites for hydroxylation is 1. The summed E-state index contributed by atoms with van der Waals surface area (Å²) in [6.45, 7) is 7.85. The molecule has 0 aliphatic heterocycles. The molecular formula is C12H15O. The molecular weight excluding hydrogens is 160 g/mol. The molecule has 1 aromatic rings. The van der Waals surface area contributed by atoms with Gasteiger partial charge in [0.05, 0.1) is 7.11 Å². The Morgan fingerprint density at radius 3 is 2.62 bits per heavy atom. The maximum Gasteiger partial charge on any atom is 0.119 e. The number of hydrogen-bond acceptors (Lipinski definition) is 1. The Balaban J connectivity index is 3.07. The van der Waals surface area contributed by atoms with E-state index < -0.39 is 0 Å². The van der Waals surface area contributed by atoms with Crippen LogP contribution in [-0.2, 0) is 0 Å². The lowest BCUT2D eigenvalue weighted by Crippen LogP contribution is -1.92. The van der Waals surface area contributed by atoms with Crippen molar-refractivity contribution < 1.29 is 4.74 Å². The van der Waals surface area contributed by atoms with E-state index in [1.165, 1.54) is 17.0 Å². The molecule has 1 heteroatoms. The highest BCUT2D eigenvalue weighted by Crippen LogP contribution is 2.22. The topological polar surface area (TPSA) is 9.23 Å². The lowest BCUT2D eigenvalue weighted by atomic mass is 9.99. The molecule has 0 bridgehead atoms. The summed E-state index contributed by atoms with van der Waals surface area (Å²) in [5.41, 5.74) is 2.38. The largest absolute Gasteiger partial charge is 0.497 e. The van der Waals surface area contributed by atoms with Gasteiger partial charge in [0.25, 0.3) is 0 Å². The van der Waals surface area contributed by atoms with Gasteiger partial charge in [-0.05, 0) is 30.2 Å². The van der Waals surface area contributed by atoms with Crippen LogP contribution in [0.1, 0.15) is 18.1 Å². The van der Waals surface area contributed by atoms with E-state index in [2.05, 4.69) is 19.6 Å². The Bertz CT molecular complexity index is 302. The predicted molar refractivity (Wildman–Crippen MR) is 55.9 cm³/mol. The number of benzene rings is 1. The van der Waals surface area contributed by atoms with Crippen LogP contribution in [0.15, 0.2) is 30.9 Å². The Morgan fingerprint density at radius 2 is 2.08 bits per heavy atom. The summed E-state index contributed by atoms with van der Waals surface area (Å²) in [5.74, 6) is 2.07. The molecule has 1 rings (SSSR count). The molecule has 1 aromatic carbocycles. The summed E-state index contributed by atoms with van der Waals surface area (Å²) < 4.78 is 5.18. The first-order chi connectivity index (χ1) is 6.17. The van der Waals surface area contributed by atoms with E-state index in [1.54, 1.807) is 7.11 Å². The zero-order valence-corrected chi connectivity index (χ0v) is 8.42. The first-order valence-electron chi connectivity index (χ1n) is 4.29. The van der Waals surface area contributed by atoms with Crippen molar-refractivity contribution in [2.45, 2.75) is 13.8 Å². The van der Waals surface area contributed by atoms with E-state index in [0.717, 1.165) is 5.75 Å². The van der Waals surface area contributed by atoms with E-state index >= 15 is 0 Å². The van der Waals surface area contributed by atoms with Gasteiger partial charge in [0.1, 0.15) is 5.75 Å². The van der Waals surface area contributed by atoms with Crippen LogP contribution in [0.25, 0.3) is 0 Å². The Labute approximate surface area is 80.0 Å². The summed E-state index contributed by atoms with van der Waals surface area (Å²) in [7, 11) is 1.68. The van der Waals surface area contributed by atoms with Crippen LogP contribution in [0.2, 0.25) is 0 Å². The first kappa shape index (κ1) is 9.85. The second-order valence-electron chi connectivity index (χ2n) is 3.13. The smallest absolute Gasteiger partial charge is 0.119 e. The van der Waals surface area contributed by atoms with Crippen LogP contribution >= 0.6 is 0 Å². The molecule has 1 nitrogen and oxygen atoms in total. The number of hydrogen-bond donors (Lipinski definition) is 0. The quantitative estimate of drug-likeness (QED) is 0.685.